The van der Waals surface area contributed by atoms with Crippen LogP contribution in [0.5, 0.6) is 0 Å². The van der Waals surface area contributed by atoms with Crippen LogP contribution in [0.1, 0.15) is 0 Å². The van der Waals surface area contributed by atoms with Crippen molar-refractivity contribution >= 4 is 0 Å². The van der Waals surface area contributed by atoms with E-state index in [1.54, 1.807) is 0 Å². The molecular formula is C25H50NO16+. The van der Waals surface area contributed by atoms with E-state index in [-0.39, 0.29) is 52.9 Å². The Labute approximate surface area is 245 Å². The number of ether oxygens (including phenoxy) is 8. The van der Waals surface area contributed by atoms with Crippen molar-refractivity contribution in [1.82, 2.24) is 0 Å². The third-order valence-corrected chi connectivity index (χ3v) is 6.50. The second-order valence-electron chi connectivity index (χ2n) is 11.0. The average Bonchev–Trinajstić information content (AvgIpc) is 2.93. The van der Waals surface area contributed by atoms with Crippen LogP contribution >= 0.6 is 0 Å². The first-order chi connectivity index (χ1) is 20.0. The smallest absolute Gasteiger partial charge is 0.187 e. The van der Waals surface area contributed by atoms with Crippen molar-refractivity contribution in [2.24, 2.45) is 0 Å². The summed E-state index contributed by atoms with van der Waals surface area (Å²) in [6, 6.07) is 0. The van der Waals surface area contributed by atoms with Crippen LogP contribution in [0.3, 0.4) is 0 Å². The first kappa shape index (κ1) is 37.5. The van der Waals surface area contributed by atoms with Crippen LogP contribution in [-0.2, 0) is 37.9 Å². The summed E-state index contributed by atoms with van der Waals surface area (Å²) >= 11 is 0. The maximum absolute atomic E-state index is 11.2. The molecule has 8 N–H and O–H groups in total. The van der Waals surface area contributed by atoms with Crippen molar-refractivity contribution in [2.75, 3.05) is 93.9 Å². The van der Waals surface area contributed by atoms with E-state index in [1.807, 2.05) is 21.1 Å². The molecule has 0 aromatic carbocycles. The van der Waals surface area contributed by atoms with Crippen molar-refractivity contribution in [1.29, 1.82) is 0 Å². The summed E-state index contributed by atoms with van der Waals surface area (Å²) in [5.41, 5.74) is 0. The normalized spacial score (nSPS) is 34.9. The molecule has 250 valence electrons. The zero-order valence-electron chi connectivity index (χ0n) is 24.4. The molecule has 2 heterocycles. The van der Waals surface area contributed by atoms with E-state index in [2.05, 4.69) is 0 Å². The van der Waals surface area contributed by atoms with Gasteiger partial charge in [0.15, 0.2) is 12.6 Å². The van der Waals surface area contributed by atoms with Gasteiger partial charge in [-0.05, 0) is 0 Å². The molecule has 0 aliphatic carbocycles. The van der Waals surface area contributed by atoms with Crippen LogP contribution in [0.15, 0.2) is 0 Å². The third-order valence-electron chi connectivity index (χ3n) is 6.50. The minimum atomic E-state index is -1.63. The number of aliphatic hydroxyl groups is 8. The second kappa shape index (κ2) is 19.0. The van der Waals surface area contributed by atoms with Crippen LogP contribution < -0.4 is 0 Å². The Bertz CT molecular complexity index is 716. The molecule has 0 aromatic heterocycles. The van der Waals surface area contributed by atoms with Crippen LogP contribution in [0, 0.1) is 0 Å². The zero-order valence-corrected chi connectivity index (χ0v) is 24.4. The van der Waals surface area contributed by atoms with Gasteiger partial charge in [0.2, 0.25) is 0 Å². The maximum atomic E-state index is 11.2. The molecular weight excluding hydrogens is 570 g/mol. The van der Waals surface area contributed by atoms with E-state index < -0.39 is 80.9 Å². The number of hydrogen-bond acceptors (Lipinski definition) is 16. The maximum Gasteiger partial charge on any atom is 0.187 e. The van der Waals surface area contributed by atoms with Crippen molar-refractivity contribution < 1.29 is 83.2 Å². The summed E-state index contributed by atoms with van der Waals surface area (Å²) in [4.78, 5) is 0. The zero-order chi connectivity index (χ0) is 31.3. The van der Waals surface area contributed by atoms with Crippen molar-refractivity contribution in [3.8, 4) is 0 Å². The Morgan fingerprint density at radius 1 is 0.714 bits per heavy atom. The minimum absolute atomic E-state index is 0.0362. The fraction of sp³-hybridized carbons (Fsp3) is 1.00. The minimum Gasteiger partial charge on any atom is -0.394 e. The van der Waals surface area contributed by atoms with Crippen LogP contribution in [0.25, 0.3) is 0 Å². The van der Waals surface area contributed by atoms with Gasteiger partial charge >= 0.3 is 0 Å². The van der Waals surface area contributed by atoms with E-state index in [1.165, 1.54) is 0 Å². The number of quaternary nitrogens is 1. The number of likely N-dealkylation sites (N-methyl/N-ethyl adjacent to an activating group) is 1. The van der Waals surface area contributed by atoms with E-state index in [0.29, 0.717) is 11.0 Å². The van der Waals surface area contributed by atoms with Gasteiger partial charge in [-0.15, -0.1) is 0 Å². The first-order valence-corrected chi connectivity index (χ1v) is 13.9. The predicted octanol–water partition coefficient (Wildman–Crippen LogP) is -5.28. The molecule has 11 atom stereocenters. The lowest BCUT2D eigenvalue weighted by atomic mass is 9.96. The van der Waals surface area contributed by atoms with E-state index in [4.69, 9.17) is 48.1 Å². The standard InChI is InChI=1S/C25H50NO16/c1-26(2,3)10-15(31)12-35-8-9-39-23-18(32)20(17(13-36-14-30)40-24(23)34)42-25-19(33)22(38-7-5-28)21(37-6-4-27)16(11-29)41-25/h15-25,27-34H,4-14H2,1-3H3/q+1/t15-,16-,17-,18+,19-,20-,21-,22-,23-,24-,25+/m1/s1. The summed E-state index contributed by atoms with van der Waals surface area (Å²) in [7, 11) is 5.80. The van der Waals surface area contributed by atoms with Gasteiger partial charge in [-0.2, -0.15) is 0 Å². The van der Waals surface area contributed by atoms with Gasteiger partial charge in [-0.1, -0.05) is 0 Å². The van der Waals surface area contributed by atoms with Gasteiger partial charge in [0.25, 0.3) is 0 Å². The molecule has 0 bridgehead atoms. The van der Waals surface area contributed by atoms with Crippen molar-refractivity contribution in [3.05, 3.63) is 0 Å². The lowest BCUT2D eigenvalue weighted by Gasteiger charge is -2.47. The molecule has 2 rings (SSSR count). The Morgan fingerprint density at radius 2 is 1.36 bits per heavy atom. The topological polar surface area (TPSA) is 236 Å². The number of nitrogens with zero attached hydrogens (tertiary/aromatic N) is 1. The summed E-state index contributed by atoms with van der Waals surface area (Å²) < 4.78 is 44.9. The number of hydrogen-bond donors (Lipinski definition) is 8. The molecule has 0 spiro atoms. The molecule has 2 fully saturated rings. The average molecular weight is 621 g/mol. The SMILES string of the molecule is C[N+](C)(C)C[C@@H](O)COCCO[C@@H]1[C@@H](O)[C@H](O[C@@H]2O[C@H](CO)[C@@H](OCCO)[C@H](OCCO)[C@H]2O)[C@@H](COCO)O[C@H]1O. The summed E-state index contributed by atoms with van der Waals surface area (Å²) in [5.74, 6) is 0. The van der Waals surface area contributed by atoms with E-state index in [9.17, 15) is 30.6 Å². The number of rotatable bonds is 20. The van der Waals surface area contributed by atoms with Crippen LogP contribution in [0.4, 0.5) is 0 Å². The molecule has 0 saturated carbocycles. The van der Waals surface area contributed by atoms with Crippen molar-refractivity contribution in [3.63, 3.8) is 0 Å². The Balaban J connectivity index is 2.10. The molecule has 2 aliphatic rings. The van der Waals surface area contributed by atoms with Gasteiger partial charge in [0.05, 0.1) is 80.6 Å². The van der Waals surface area contributed by atoms with Crippen LogP contribution in [-0.4, -0.2) is 207 Å². The summed E-state index contributed by atoms with van der Waals surface area (Å²) in [6.07, 6.45) is -14.1. The second-order valence-corrected chi connectivity index (χ2v) is 11.0. The molecule has 42 heavy (non-hydrogen) atoms. The van der Waals surface area contributed by atoms with Crippen LogP contribution in [0.2, 0.25) is 0 Å². The third kappa shape index (κ3) is 11.7. The van der Waals surface area contributed by atoms with E-state index in [0.717, 1.165) is 0 Å². The number of aliphatic hydroxyl groups excluding tert-OH is 8. The highest BCUT2D eigenvalue weighted by molar-refractivity contribution is 4.95. The fourth-order valence-electron chi connectivity index (χ4n) is 4.79. The van der Waals surface area contributed by atoms with E-state index >= 15 is 0 Å². The van der Waals surface area contributed by atoms with Gasteiger partial charge < -0.3 is 83.2 Å². The highest BCUT2D eigenvalue weighted by Gasteiger charge is 2.52. The molecule has 2 saturated heterocycles. The largest absolute Gasteiger partial charge is 0.394 e. The molecule has 2 aliphatic heterocycles. The monoisotopic (exact) mass is 620 g/mol. The highest BCUT2D eigenvalue weighted by Crippen LogP contribution is 2.31. The molecule has 0 radical (unpaired) electrons. The van der Waals surface area contributed by atoms with Gasteiger partial charge in [0, 0.05) is 0 Å². The Kier molecular flexibility index (Phi) is 16.9. The lowest BCUT2D eigenvalue weighted by Crippen LogP contribution is -2.65. The molecule has 0 aromatic rings. The summed E-state index contributed by atoms with van der Waals surface area (Å²) in [5, 5.41) is 80.3. The molecule has 17 nitrogen and oxygen atoms in total. The highest BCUT2D eigenvalue weighted by atomic mass is 16.7. The fourth-order valence-corrected chi connectivity index (χ4v) is 4.79. The molecule has 0 amide bonds. The van der Waals surface area contributed by atoms with Gasteiger partial charge in [0.1, 0.15) is 68.3 Å². The quantitative estimate of drug-likeness (QED) is 0.0360. The van der Waals surface area contributed by atoms with Gasteiger partial charge in [-0.3, -0.25) is 0 Å². The lowest BCUT2D eigenvalue weighted by molar-refractivity contribution is -0.873. The predicted molar refractivity (Wildman–Crippen MR) is 140 cm³/mol. The van der Waals surface area contributed by atoms with Crippen molar-refractivity contribution in [2.45, 2.75) is 67.5 Å². The Morgan fingerprint density at radius 3 is 1.95 bits per heavy atom. The molecule has 0 unspecified atom stereocenters. The molecule has 17 heteroatoms. The summed E-state index contributed by atoms with van der Waals surface area (Å²) in [6.45, 7) is -2.18. The Hall–Kier alpha value is -0.680. The van der Waals surface area contributed by atoms with Gasteiger partial charge in [-0.25, -0.2) is 0 Å². The first-order valence-electron chi connectivity index (χ1n) is 13.9.